The van der Waals surface area contributed by atoms with Gasteiger partial charge in [0.25, 0.3) is 10.0 Å². The molecule has 0 spiro atoms. The van der Waals surface area contributed by atoms with E-state index in [2.05, 4.69) is 5.32 Å². The van der Waals surface area contributed by atoms with Crippen molar-refractivity contribution in [3.63, 3.8) is 0 Å². The number of benzene rings is 1. The van der Waals surface area contributed by atoms with Crippen LogP contribution in [-0.2, 0) is 34.3 Å². The summed E-state index contributed by atoms with van der Waals surface area (Å²) in [6.45, 7) is 1.37. The van der Waals surface area contributed by atoms with Crippen LogP contribution in [0.4, 0.5) is 5.69 Å². The zero-order valence-corrected chi connectivity index (χ0v) is 12.5. The van der Waals surface area contributed by atoms with Crippen LogP contribution in [0.1, 0.15) is 6.92 Å². The molecule has 8 heteroatoms. The van der Waals surface area contributed by atoms with Crippen LogP contribution in [-0.4, -0.2) is 14.3 Å². The van der Waals surface area contributed by atoms with Gasteiger partial charge in [0, 0.05) is 12.6 Å². The van der Waals surface area contributed by atoms with E-state index < -0.39 is 10.0 Å². The molecule has 4 N–H and O–H groups in total. The molecule has 6 nitrogen and oxygen atoms in total. The molecule has 0 saturated carbocycles. The molecule has 0 aliphatic heterocycles. The summed E-state index contributed by atoms with van der Waals surface area (Å²) >= 11 is 0. The van der Waals surface area contributed by atoms with Crippen LogP contribution in [0.5, 0.6) is 0 Å². The predicted molar refractivity (Wildman–Crippen MR) is 55.3 cm³/mol. The predicted octanol–water partition coefficient (Wildman–Crippen LogP) is -0.206. The average molecular weight is 295 g/mol. The second-order valence-corrected chi connectivity index (χ2v) is 4.54. The van der Waals surface area contributed by atoms with Gasteiger partial charge in [-0.2, -0.15) is 4.83 Å². The van der Waals surface area contributed by atoms with Crippen LogP contribution in [0.25, 0.3) is 0 Å². The standard InChI is InChI=1S/C8H11N3O3S.Zn/c1-6(12)10-7-2-4-8(5-3-7)15(13,14)11-9;/h2-5,11H,9H2,1H3,(H,10,12);/q;+2. The number of carbonyl (C=O) groups excluding carboxylic acids is 1. The molecule has 0 fully saturated rings. The van der Waals surface area contributed by atoms with Gasteiger partial charge in [0.15, 0.2) is 0 Å². The summed E-state index contributed by atoms with van der Waals surface area (Å²) in [6.07, 6.45) is 0. The van der Waals surface area contributed by atoms with Crippen LogP contribution < -0.4 is 16.0 Å². The van der Waals surface area contributed by atoms with Gasteiger partial charge >= 0.3 is 19.5 Å². The Morgan fingerprint density at radius 2 is 1.75 bits per heavy atom. The van der Waals surface area contributed by atoms with Crippen molar-refractivity contribution in [3.8, 4) is 0 Å². The number of hydrazine groups is 1. The van der Waals surface area contributed by atoms with Gasteiger partial charge in [0.1, 0.15) is 0 Å². The molecule has 1 rings (SSSR count). The number of amides is 1. The van der Waals surface area contributed by atoms with Crippen molar-refractivity contribution in [2.24, 2.45) is 5.84 Å². The minimum Gasteiger partial charge on any atom is -0.326 e. The molecule has 82 valence electrons. The SMILES string of the molecule is CC(=O)Nc1ccc(S(=O)(=O)NN)cc1.[Zn+2]. The fourth-order valence-corrected chi connectivity index (χ4v) is 1.62. The summed E-state index contributed by atoms with van der Waals surface area (Å²) in [4.78, 5) is 12.4. The number of rotatable bonds is 3. The van der Waals surface area contributed by atoms with Gasteiger partial charge in [-0.15, -0.1) is 0 Å². The molecule has 0 aromatic heterocycles. The minimum atomic E-state index is -3.63. The normalized spacial score (nSPS) is 10.4. The fraction of sp³-hybridized carbons (Fsp3) is 0.125. The number of hydrogen-bond acceptors (Lipinski definition) is 4. The Balaban J connectivity index is 0.00000225. The summed E-state index contributed by atoms with van der Waals surface area (Å²) < 4.78 is 22.4. The summed E-state index contributed by atoms with van der Waals surface area (Å²) in [5.74, 6) is 4.63. The number of sulfonamides is 1. The van der Waals surface area contributed by atoms with Gasteiger partial charge in [0.05, 0.1) is 4.90 Å². The van der Waals surface area contributed by atoms with E-state index in [-0.39, 0.29) is 30.3 Å². The van der Waals surface area contributed by atoms with E-state index in [1.807, 2.05) is 0 Å². The molecule has 1 amide bonds. The molecule has 0 aliphatic carbocycles. The molecule has 0 unspecified atom stereocenters. The Bertz CT molecular complexity index is 458. The Kier molecular flexibility index (Phi) is 5.74. The van der Waals surface area contributed by atoms with Crippen LogP contribution >= 0.6 is 0 Å². The topological polar surface area (TPSA) is 101 Å². The summed E-state index contributed by atoms with van der Waals surface area (Å²) in [5.41, 5.74) is 0.526. The van der Waals surface area contributed by atoms with E-state index in [0.29, 0.717) is 5.69 Å². The van der Waals surface area contributed by atoms with E-state index in [9.17, 15) is 13.2 Å². The fourth-order valence-electron chi connectivity index (χ4n) is 0.989. The van der Waals surface area contributed by atoms with E-state index in [0.717, 1.165) is 0 Å². The third-order valence-corrected chi connectivity index (χ3v) is 2.84. The second-order valence-electron chi connectivity index (χ2n) is 2.83. The molecule has 1 aromatic carbocycles. The van der Waals surface area contributed by atoms with Crippen molar-refractivity contribution in [1.82, 2.24) is 4.83 Å². The monoisotopic (exact) mass is 293 g/mol. The summed E-state index contributed by atoms with van der Waals surface area (Å²) in [5, 5.41) is 2.52. The minimum absolute atomic E-state index is 0. The first-order chi connectivity index (χ1) is 6.95. The first-order valence-electron chi connectivity index (χ1n) is 4.06. The Hall–Kier alpha value is -0.817. The zero-order valence-electron chi connectivity index (χ0n) is 8.73. The van der Waals surface area contributed by atoms with Gasteiger partial charge < -0.3 is 5.32 Å². The summed E-state index contributed by atoms with van der Waals surface area (Å²) in [6, 6.07) is 5.65. The van der Waals surface area contributed by atoms with Crippen molar-refractivity contribution < 1.29 is 32.7 Å². The molecular formula is C8H11N3O3SZn+2. The van der Waals surface area contributed by atoms with Gasteiger partial charge in [-0.1, -0.05) is 0 Å². The third-order valence-electron chi connectivity index (χ3n) is 1.64. The van der Waals surface area contributed by atoms with Crippen molar-refractivity contribution in [1.29, 1.82) is 0 Å². The molecule has 0 radical (unpaired) electrons. The maximum Gasteiger partial charge on any atom is 2.00 e. The molecule has 0 aliphatic rings. The summed E-state index contributed by atoms with van der Waals surface area (Å²) in [7, 11) is -3.63. The van der Waals surface area contributed by atoms with Crippen molar-refractivity contribution in [3.05, 3.63) is 24.3 Å². The van der Waals surface area contributed by atoms with Crippen molar-refractivity contribution in [2.45, 2.75) is 11.8 Å². The van der Waals surface area contributed by atoms with Crippen LogP contribution in [0, 0.1) is 0 Å². The number of nitrogens with two attached hydrogens (primary N) is 1. The van der Waals surface area contributed by atoms with Crippen molar-refractivity contribution >= 4 is 21.6 Å². The molecule has 0 bridgehead atoms. The van der Waals surface area contributed by atoms with E-state index in [1.165, 1.54) is 31.2 Å². The Morgan fingerprint density at radius 3 is 2.12 bits per heavy atom. The van der Waals surface area contributed by atoms with Gasteiger partial charge in [-0.05, 0) is 24.3 Å². The van der Waals surface area contributed by atoms with Crippen molar-refractivity contribution in [2.75, 3.05) is 5.32 Å². The molecule has 0 heterocycles. The molecular weight excluding hydrogens is 284 g/mol. The van der Waals surface area contributed by atoms with Crippen LogP contribution in [0.2, 0.25) is 0 Å². The van der Waals surface area contributed by atoms with E-state index in [1.54, 1.807) is 4.83 Å². The quantitative estimate of drug-likeness (QED) is 0.408. The molecule has 1 aromatic rings. The maximum absolute atomic E-state index is 11.2. The largest absolute Gasteiger partial charge is 2.00 e. The molecule has 0 atom stereocenters. The molecule has 16 heavy (non-hydrogen) atoms. The average Bonchev–Trinajstić information content (AvgIpc) is 2.18. The number of nitrogens with one attached hydrogen (secondary N) is 2. The maximum atomic E-state index is 11.2. The van der Waals surface area contributed by atoms with E-state index in [4.69, 9.17) is 5.84 Å². The van der Waals surface area contributed by atoms with Crippen LogP contribution in [0.15, 0.2) is 29.2 Å². The van der Waals surface area contributed by atoms with Gasteiger partial charge in [-0.3, -0.25) is 10.6 Å². The first-order valence-corrected chi connectivity index (χ1v) is 5.54. The second kappa shape index (κ2) is 6.05. The number of anilines is 1. The number of hydrogen-bond donors (Lipinski definition) is 3. The first kappa shape index (κ1) is 15.2. The van der Waals surface area contributed by atoms with Crippen LogP contribution in [0.3, 0.4) is 0 Å². The Labute approximate surface area is 106 Å². The third kappa shape index (κ3) is 3.98. The van der Waals surface area contributed by atoms with E-state index >= 15 is 0 Å². The Morgan fingerprint density at radius 1 is 1.25 bits per heavy atom. The number of carbonyl (C=O) groups is 1. The van der Waals surface area contributed by atoms with Gasteiger partial charge in [0.2, 0.25) is 5.91 Å². The molecule has 0 saturated heterocycles. The van der Waals surface area contributed by atoms with Gasteiger partial charge in [-0.25, -0.2) is 8.42 Å². The smallest absolute Gasteiger partial charge is 0.326 e. The zero-order chi connectivity index (χ0) is 11.5.